The molecular weight excluding hydrogens is 324 g/mol. The van der Waals surface area contributed by atoms with Gasteiger partial charge in [0.1, 0.15) is 5.82 Å². The molecule has 0 spiro atoms. The van der Waals surface area contributed by atoms with Crippen LogP contribution in [0.4, 0.5) is 0 Å². The number of nitrogens with zero attached hydrogens (tertiary/aromatic N) is 2. The fraction of sp³-hybridized carbons (Fsp3) is 0.318. The van der Waals surface area contributed by atoms with Crippen LogP contribution in [0.2, 0.25) is 0 Å². The molecule has 0 bridgehead atoms. The highest BCUT2D eigenvalue weighted by Gasteiger charge is 2.26. The highest BCUT2D eigenvalue weighted by molar-refractivity contribution is 5.75. The second kappa shape index (κ2) is 6.87. The molecule has 2 heterocycles. The smallest absolute Gasteiger partial charge is 0.161 e. The van der Waals surface area contributed by atoms with E-state index in [-0.39, 0.29) is 0 Å². The number of hydrogen-bond donors (Lipinski definition) is 0. The predicted molar refractivity (Wildman–Crippen MR) is 104 cm³/mol. The summed E-state index contributed by atoms with van der Waals surface area (Å²) in [5.41, 5.74) is 6.08. The number of fused-ring (bicyclic) bond motifs is 3. The minimum atomic E-state index is 0.768. The summed E-state index contributed by atoms with van der Waals surface area (Å²) in [5.74, 6) is 2.62. The number of rotatable bonds is 5. The summed E-state index contributed by atoms with van der Waals surface area (Å²) in [4.78, 5) is 5.04. The second-order valence-electron chi connectivity index (χ2n) is 6.61. The number of imidazole rings is 1. The van der Waals surface area contributed by atoms with E-state index in [1.165, 1.54) is 28.1 Å². The van der Waals surface area contributed by atoms with Crippen LogP contribution in [0.3, 0.4) is 0 Å². The maximum absolute atomic E-state index is 5.55. The molecule has 2 aromatic carbocycles. The normalized spacial score (nSPS) is 12.4. The molecule has 26 heavy (non-hydrogen) atoms. The van der Waals surface area contributed by atoms with Gasteiger partial charge < -0.3 is 14.0 Å². The predicted octanol–water partition coefficient (Wildman–Crippen LogP) is 4.74. The lowest BCUT2D eigenvalue weighted by Crippen LogP contribution is -2.13. The van der Waals surface area contributed by atoms with Crippen molar-refractivity contribution in [3.05, 3.63) is 53.7 Å². The van der Waals surface area contributed by atoms with Crippen molar-refractivity contribution in [2.24, 2.45) is 0 Å². The molecule has 0 atom stereocenters. The van der Waals surface area contributed by atoms with Crippen molar-refractivity contribution in [2.45, 2.75) is 32.7 Å². The maximum Gasteiger partial charge on any atom is 0.161 e. The Hall–Kier alpha value is -2.75. The molecule has 4 nitrogen and oxygen atoms in total. The van der Waals surface area contributed by atoms with Gasteiger partial charge in [0.05, 0.1) is 25.6 Å². The number of hydrogen-bond acceptors (Lipinski definition) is 3. The van der Waals surface area contributed by atoms with Crippen molar-refractivity contribution >= 4 is 0 Å². The second-order valence-corrected chi connectivity index (χ2v) is 6.61. The van der Waals surface area contributed by atoms with Crippen molar-refractivity contribution in [3.63, 3.8) is 0 Å². The largest absolute Gasteiger partial charge is 0.493 e. The Morgan fingerprint density at radius 1 is 1.04 bits per heavy atom. The Kier molecular flexibility index (Phi) is 4.41. The van der Waals surface area contributed by atoms with Gasteiger partial charge in [-0.1, -0.05) is 43.7 Å². The standard InChI is InChI=1S/C22H24N2O2/c1-4-8-18-21-17-14-20(26-3)19(25-2)13-16(17)11-12-24(21)22(23-18)15-9-6-5-7-10-15/h5-7,9-10,13-14H,4,8,11-12H2,1-3H3. The van der Waals surface area contributed by atoms with Gasteiger partial charge in [-0.25, -0.2) is 4.98 Å². The first-order valence-electron chi connectivity index (χ1n) is 9.16. The molecule has 0 saturated heterocycles. The molecular formula is C22H24N2O2. The zero-order chi connectivity index (χ0) is 18.1. The van der Waals surface area contributed by atoms with E-state index in [9.17, 15) is 0 Å². The molecule has 4 heteroatoms. The molecule has 0 N–H and O–H groups in total. The summed E-state index contributed by atoms with van der Waals surface area (Å²) in [6.45, 7) is 3.13. The van der Waals surface area contributed by atoms with E-state index in [2.05, 4.69) is 47.9 Å². The molecule has 134 valence electrons. The zero-order valence-corrected chi connectivity index (χ0v) is 15.6. The number of methoxy groups -OCH3 is 2. The summed E-state index contributed by atoms with van der Waals surface area (Å²) in [6, 6.07) is 14.7. The third kappa shape index (κ3) is 2.66. The number of aromatic nitrogens is 2. The molecule has 4 rings (SSSR count). The minimum absolute atomic E-state index is 0.768. The maximum atomic E-state index is 5.55. The van der Waals surface area contributed by atoms with E-state index in [0.717, 1.165) is 43.1 Å². The number of benzene rings is 2. The van der Waals surface area contributed by atoms with Gasteiger partial charge in [-0.05, 0) is 30.5 Å². The summed E-state index contributed by atoms with van der Waals surface area (Å²) < 4.78 is 13.4. The van der Waals surface area contributed by atoms with Gasteiger partial charge in [0.2, 0.25) is 0 Å². The van der Waals surface area contributed by atoms with Crippen LogP contribution in [-0.4, -0.2) is 23.8 Å². The number of aryl methyl sites for hydroxylation is 2. The quantitative estimate of drug-likeness (QED) is 0.668. The van der Waals surface area contributed by atoms with Gasteiger partial charge in [0, 0.05) is 17.7 Å². The molecule has 1 aromatic heterocycles. The average Bonchev–Trinajstić information content (AvgIpc) is 3.06. The van der Waals surface area contributed by atoms with Gasteiger partial charge in [0.25, 0.3) is 0 Å². The highest BCUT2D eigenvalue weighted by Crippen LogP contribution is 2.41. The Bertz CT molecular complexity index is 929. The lowest BCUT2D eigenvalue weighted by Gasteiger charge is -2.23. The third-order valence-corrected chi connectivity index (χ3v) is 5.03. The van der Waals surface area contributed by atoms with Crippen LogP contribution >= 0.6 is 0 Å². The lowest BCUT2D eigenvalue weighted by atomic mass is 9.95. The van der Waals surface area contributed by atoms with E-state index in [4.69, 9.17) is 14.5 Å². The molecule has 0 saturated carbocycles. The van der Waals surface area contributed by atoms with Gasteiger partial charge in [0.15, 0.2) is 11.5 Å². The fourth-order valence-electron chi connectivity index (χ4n) is 3.82. The van der Waals surface area contributed by atoms with Crippen molar-refractivity contribution in [3.8, 4) is 34.1 Å². The molecule has 0 amide bonds. The zero-order valence-electron chi connectivity index (χ0n) is 15.6. The van der Waals surface area contributed by atoms with E-state index in [0.29, 0.717) is 0 Å². The number of ether oxygens (including phenoxy) is 2. The van der Waals surface area contributed by atoms with E-state index >= 15 is 0 Å². The van der Waals surface area contributed by atoms with Crippen LogP contribution in [0, 0.1) is 0 Å². The highest BCUT2D eigenvalue weighted by atomic mass is 16.5. The summed E-state index contributed by atoms with van der Waals surface area (Å²) in [5, 5.41) is 0. The van der Waals surface area contributed by atoms with Crippen LogP contribution < -0.4 is 9.47 Å². The molecule has 0 unspecified atom stereocenters. The first-order chi connectivity index (χ1) is 12.8. The Labute approximate surface area is 154 Å². The molecule has 0 fully saturated rings. The summed E-state index contributed by atoms with van der Waals surface area (Å²) in [7, 11) is 3.38. The monoisotopic (exact) mass is 348 g/mol. The first kappa shape index (κ1) is 16.7. The Balaban J connectivity index is 1.94. The summed E-state index contributed by atoms with van der Waals surface area (Å²) in [6.07, 6.45) is 3.00. The molecule has 1 aliphatic rings. The van der Waals surface area contributed by atoms with Crippen molar-refractivity contribution in [1.82, 2.24) is 9.55 Å². The fourth-order valence-corrected chi connectivity index (χ4v) is 3.82. The van der Waals surface area contributed by atoms with Crippen LogP contribution in [0.1, 0.15) is 24.6 Å². The average molecular weight is 348 g/mol. The molecule has 0 radical (unpaired) electrons. The van der Waals surface area contributed by atoms with Crippen molar-refractivity contribution < 1.29 is 9.47 Å². The van der Waals surface area contributed by atoms with Gasteiger partial charge >= 0.3 is 0 Å². The van der Waals surface area contributed by atoms with Crippen LogP contribution in [0.5, 0.6) is 11.5 Å². The lowest BCUT2D eigenvalue weighted by molar-refractivity contribution is 0.354. The molecule has 1 aliphatic heterocycles. The van der Waals surface area contributed by atoms with Gasteiger partial charge in [-0.3, -0.25) is 0 Å². The SMILES string of the molecule is CCCc1nc(-c2ccccc2)n2c1-c1cc(OC)c(OC)cc1CC2. The van der Waals surface area contributed by atoms with E-state index < -0.39 is 0 Å². The van der Waals surface area contributed by atoms with Crippen LogP contribution in [0.15, 0.2) is 42.5 Å². The van der Waals surface area contributed by atoms with Crippen LogP contribution in [-0.2, 0) is 19.4 Å². The van der Waals surface area contributed by atoms with E-state index in [1.54, 1.807) is 14.2 Å². The molecule has 3 aromatic rings. The Morgan fingerprint density at radius 3 is 2.46 bits per heavy atom. The van der Waals surface area contributed by atoms with Crippen molar-refractivity contribution in [1.29, 1.82) is 0 Å². The van der Waals surface area contributed by atoms with Gasteiger partial charge in [-0.15, -0.1) is 0 Å². The minimum Gasteiger partial charge on any atom is -0.493 e. The molecule has 0 aliphatic carbocycles. The van der Waals surface area contributed by atoms with Crippen molar-refractivity contribution in [2.75, 3.05) is 14.2 Å². The topological polar surface area (TPSA) is 36.3 Å². The van der Waals surface area contributed by atoms with E-state index in [1.807, 2.05) is 6.07 Å². The van der Waals surface area contributed by atoms with Crippen LogP contribution in [0.25, 0.3) is 22.6 Å². The summed E-state index contributed by atoms with van der Waals surface area (Å²) >= 11 is 0. The van der Waals surface area contributed by atoms with Gasteiger partial charge in [-0.2, -0.15) is 0 Å². The first-order valence-corrected chi connectivity index (χ1v) is 9.16. The Morgan fingerprint density at radius 2 is 1.77 bits per heavy atom. The third-order valence-electron chi connectivity index (χ3n) is 5.03.